The summed E-state index contributed by atoms with van der Waals surface area (Å²) in [7, 11) is -0.789. The van der Waals surface area contributed by atoms with Crippen molar-refractivity contribution in [1.82, 2.24) is 0 Å². The van der Waals surface area contributed by atoms with Crippen molar-refractivity contribution >= 4 is 8.80 Å². The topological polar surface area (TPSA) is 40.5 Å². The molecule has 1 saturated heterocycles. The molecule has 1 unspecified atom stereocenters. The second-order valence-electron chi connectivity index (χ2n) is 2.44. The summed E-state index contributed by atoms with van der Waals surface area (Å²) in [6.07, 6.45) is 1.29. The lowest BCUT2D eigenvalue weighted by Gasteiger charge is -2.27. The van der Waals surface area contributed by atoms with E-state index in [9.17, 15) is 0 Å². The van der Waals surface area contributed by atoms with E-state index in [0.29, 0.717) is 0 Å². The molecule has 1 heterocycles. The van der Waals surface area contributed by atoms with Crippen molar-refractivity contribution in [3.8, 4) is 0 Å². The summed E-state index contributed by atoms with van der Waals surface area (Å²) in [6.45, 7) is -0.00309. The number of aliphatic hydroxyl groups excluding tert-OH is 2. The van der Waals surface area contributed by atoms with Crippen molar-refractivity contribution in [2.75, 3.05) is 6.61 Å². The monoisotopic (exact) mass is 132 g/mol. The van der Waals surface area contributed by atoms with Gasteiger partial charge in [-0.05, 0) is 0 Å². The number of aliphatic hydroxyl groups is 2. The third kappa shape index (κ3) is 1.10. The molecule has 2 N–H and O–H groups in total. The van der Waals surface area contributed by atoms with Crippen LogP contribution in [0.5, 0.6) is 0 Å². The Kier molecular flexibility index (Phi) is 2.05. The zero-order chi connectivity index (χ0) is 5.98. The summed E-state index contributed by atoms with van der Waals surface area (Å²) >= 11 is 0. The third-order valence-corrected chi connectivity index (χ3v) is 5.48. The Bertz CT molecular complexity index is 70.1. The molecule has 3 heteroatoms. The molecule has 0 amide bonds. The first-order valence-electron chi connectivity index (χ1n) is 3.13. The van der Waals surface area contributed by atoms with Crippen molar-refractivity contribution in [2.24, 2.45) is 0 Å². The van der Waals surface area contributed by atoms with Gasteiger partial charge in [-0.2, -0.15) is 0 Å². The number of hydrogen-bond acceptors (Lipinski definition) is 2. The van der Waals surface area contributed by atoms with Crippen molar-refractivity contribution in [2.45, 2.75) is 24.2 Å². The number of hydrogen-bond donors (Lipinski definition) is 2. The van der Waals surface area contributed by atoms with Crippen LogP contribution in [0.2, 0.25) is 12.1 Å². The summed E-state index contributed by atoms with van der Waals surface area (Å²) in [6, 6.07) is 2.48. The lowest BCUT2D eigenvalue weighted by molar-refractivity contribution is 0.146. The van der Waals surface area contributed by atoms with Crippen LogP contribution in [-0.4, -0.2) is 31.3 Å². The maximum Gasteiger partial charge on any atom is 0.0743 e. The average molecular weight is 132 g/mol. The molecule has 1 atom stereocenters. The minimum absolute atomic E-state index is 0.00309. The first-order chi connectivity index (χ1) is 3.84. The smallest absolute Gasteiger partial charge is 0.0743 e. The first-order valence-corrected chi connectivity index (χ1v) is 5.43. The Morgan fingerprint density at radius 1 is 1.50 bits per heavy atom. The molecular formula is C5H12O2Si. The van der Waals surface area contributed by atoms with Gasteiger partial charge in [0.05, 0.1) is 21.1 Å². The Morgan fingerprint density at radius 3 is 2.25 bits per heavy atom. The van der Waals surface area contributed by atoms with Crippen LogP contribution in [0.15, 0.2) is 0 Å². The van der Waals surface area contributed by atoms with Gasteiger partial charge in [-0.3, -0.25) is 0 Å². The van der Waals surface area contributed by atoms with Crippen LogP contribution < -0.4 is 0 Å². The van der Waals surface area contributed by atoms with E-state index in [-0.39, 0.29) is 12.3 Å². The molecule has 0 aromatic rings. The lowest BCUT2D eigenvalue weighted by Crippen LogP contribution is -2.38. The van der Waals surface area contributed by atoms with E-state index in [1.54, 1.807) is 0 Å². The quantitative estimate of drug-likeness (QED) is 0.498. The van der Waals surface area contributed by atoms with Crippen molar-refractivity contribution in [1.29, 1.82) is 0 Å². The Hall–Kier alpha value is 0.137. The second kappa shape index (κ2) is 2.62. The van der Waals surface area contributed by atoms with Gasteiger partial charge in [0.15, 0.2) is 0 Å². The van der Waals surface area contributed by atoms with Crippen LogP contribution in [-0.2, 0) is 0 Å². The van der Waals surface area contributed by atoms with E-state index in [0.717, 1.165) is 0 Å². The summed E-state index contributed by atoms with van der Waals surface area (Å²) in [5, 5.41) is 17.4. The predicted molar refractivity (Wildman–Crippen MR) is 34.5 cm³/mol. The number of rotatable bonds is 2. The molecule has 0 radical (unpaired) electrons. The highest BCUT2D eigenvalue weighted by Crippen LogP contribution is 2.22. The van der Waals surface area contributed by atoms with Crippen molar-refractivity contribution in [3.05, 3.63) is 0 Å². The summed E-state index contributed by atoms with van der Waals surface area (Å²) in [4.78, 5) is 0. The molecule has 0 bridgehead atoms. The lowest BCUT2D eigenvalue weighted by atomic mass is 10.5. The molecule has 2 nitrogen and oxygen atoms in total. The van der Waals surface area contributed by atoms with Gasteiger partial charge in [-0.1, -0.05) is 18.5 Å². The molecular weight excluding hydrogens is 120 g/mol. The molecule has 0 aliphatic carbocycles. The molecule has 0 aromatic heterocycles. The molecule has 1 fully saturated rings. The first kappa shape index (κ1) is 6.26. The summed E-state index contributed by atoms with van der Waals surface area (Å²) < 4.78 is 0. The Morgan fingerprint density at radius 2 is 2.12 bits per heavy atom. The minimum Gasteiger partial charge on any atom is -0.395 e. The predicted octanol–water partition coefficient (Wildman–Crippen LogP) is -0.490. The third-order valence-electron chi connectivity index (χ3n) is 1.88. The van der Waals surface area contributed by atoms with Gasteiger partial charge >= 0.3 is 0 Å². The van der Waals surface area contributed by atoms with Crippen LogP contribution in [0.25, 0.3) is 0 Å². The fourth-order valence-electron chi connectivity index (χ4n) is 0.974. The molecule has 48 valence electrons. The zero-order valence-electron chi connectivity index (χ0n) is 4.88. The summed E-state index contributed by atoms with van der Waals surface area (Å²) in [5.41, 5.74) is -0.302. The van der Waals surface area contributed by atoms with E-state index < -0.39 is 8.80 Å². The van der Waals surface area contributed by atoms with Crippen LogP contribution in [0.4, 0.5) is 0 Å². The van der Waals surface area contributed by atoms with Gasteiger partial charge < -0.3 is 10.2 Å². The highest BCUT2D eigenvalue weighted by atomic mass is 28.3. The van der Waals surface area contributed by atoms with E-state index in [1.165, 1.54) is 18.5 Å². The highest BCUT2D eigenvalue weighted by molar-refractivity contribution is 6.63. The maximum atomic E-state index is 8.99. The van der Waals surface area contributed by atoms with E-state index in [2.05, 4.69) is 0 Å². The van der Waals surface area contributed by atoms with Gasteiger partial charge in [0.2, 0.25) is 0 Å². The summed E-state index contributed by atoms with van der Waals surface area (Å²) in [5.74, 6) is 0. The SMILES string of the molecule is OCC(O)[SiH]1CCC1. The fourth-order valence-corrected chi connectivity index (χ4v) is 2.92. The van der Waals surface area contributed by atoms with Gasteiger partial charge in [0.25, 0.3) is 0 Å². The molecule has 1 aliphatic heterocycles. The fraction of sp³-hybridized carbons (Fsp3) is 1.00. The standard InChI is InChI=1S/C5H12O2Si/c6-4-5(7)8-2-1-3-8/h5-8H,1-4H2. The molecule has 8 heavy (non-hydrogen) atoms. The highest BCUT2D eigenvalue weighted by Gasteiger charge is 2.26. The average Bonchev–Trinajstić information content (AvgIpc) is 1.62. The molecule has 0 saturated carbocycles. The zero-order valence-corrected chi connectivity index (χ0v) is 6.03. The van der Waals surface area contributed by atoms with E-state index in [4.69, 9.17) is 10.2 Å². The second-order valence-corrected chi connectivity index (χ2v) is 5.89. The van der Waals surface area contributed by atoms with E-state index >= 15 is 0 Å². The largest absolute Gasteiger partial charge is 0.395 e. The van der Waals surface area contributed by atoms with Crippen LogP contribution in [0.3, 0.4) is 0 Å². The van der Waals surface area contributed by atoms with Gasteiger partial charge in [0.1, 0.15) is 0 Å². The normalized spacial score (nSPS) is 24.8. The van der Waals surface area contributed by atoms with Crippen molar-refractivity contribution in [3.63, 3.8) is 0 Å². The molecule has 0 aromatic carbocycles. The van der Waals surface area contributed by atoms with E-state index in [1.807, 2.05) is 0 Å². The maximum absolute atomic E-state index is 8.99. The molecule has 1 rings (SSSR count). The minimum atomic E-state index is -0.789. The molecule has 0 spiro atoms. The molecule has 1 aliphatic rings. The van der Waals surface area contributed by atoms with Gasteiger partial charge in [0, 0.05) is 0 Å². The van der Waals surface area contributed by atoms with Gasteiger partial charge in [-0.25, -0.2) is 0 Å². The van der Waals surface area contributed by atoms with Crippen molar-refractivity contribution < 1.29 is 10.2 Å². The van der Waals surface area contributed by atoms with Crippen LogP contribution >= 0.6 is 0 Å². The Balaban J connectivity index is 2.13. The van der Waals surface area contributed by atoms with Crippen LogP contribution in [0.1, 0.15) is 6.42 Å². The van der Waals surface area contributed by atoms with Crippen LogP contribution in [0, 0.1) is 0 Å². The van der Waals surface area contributed by atoms with Gasteiger partial charge in [-0.15, -0.1) is 0 Å². The Labute approximate surface area is 50.8 Å².